The van der Waals surface area contributed by atoms with Crippen LogP contribution in [-0.2, 0) is 9.59 Å². The number of hydrogen-bond donors (Lipinski definition) is 3. The van der Waals surface area contributed by atoms with Crippen molar-refractivity contribution in [2.75, 3.05) is 10.6 Å². The summed E-state index contributed by atoms with van der Waals surface area (Å²) < 4.78 is 0. The summed E-state index contributed by atoms with van der Waals surface area (Å²) >= 11 is 2.71. The lowest BCUT2D eigenvalue weighted by Crippen LogP contribution is -2.30. The second-order valence-electron chi connectivity index (χ2n) is 8.40. The fourth-order valence-electron chi connectivity index (χ4n) is 3.52. The molecule has 3 aromatic carbocycles. The fourth-order valence-corrected chi connectivity index (χ4v) is 5.13. The molecule has 0 aliphatic rings. The number of hydrogen-bond acceptors (Lipinski definition) is 7. The first-order chi connectivity index (χ1) is 18.9. The summed E-state index contributed by atoms with van der Waals surface area (Å²) in [5.41, 5.74) is 1.84. The average molecular weight is 558 g/mol. The Labute approximate surface area is 235 Å². The smallest absolute Gasteiger partial charge is 0.272 e. The molecule has 0 radical (unpaired) electrons. The molecule has 0 spiro atoms. The number of rotatable bonds is 10. The van der Waals surface area contributed by atoms with Crippen molar-refractivity contribution in [3.8, 4) is 0 Å². The third-order valence-corrected chi connectivity index (χ3v) is 7.54. The Hall–Kier alpha value is -4.28. The SMILES string of the molecule is CCC(Sc1cccc(NC(=O)/C(=C/c2ccccc2)NC(=O)c2ccccc2)c1)C(=O)Nc1nnc(C)s1. The first-order valence-corrected chi connectivity index (χ1v) is 13.9. The van der Waals surface area contributed by atoms with Crippen LogP contribution in [0.4, 0.5) is 10.8 Å². The summed E-state index contributed by atoms with van der Waals surface area (Å²) in [7, 11) is 0. The Bertz CT molecular complexity index is 1470. The normalized spacial score (nSPS) is 11.9. The van der Waals surface area contributed by atoms with Crippen LogP contribution in [0.3, 0.4) is 0 Å². The van der Waals surface area contributed by atoms with Gasteiger partial charge in [0, 0.05) is 16.1 Å². The lowest BCUT2D eigenvalue weighted by molar-refractivity contribution is -0.116. The summed E-state index contributed by atoms with van der Waals surface area (Å²) in [6.07, 6.45) is 2.22. The second-order valence-corrected chi connectivity index (χ2v) is 10.9. The summed E-state index contributed by atoms with van der Waals surface area (Å²) in [6, 6.07) is 25.2. The molecule has 198 valence electrons. The highest BCUT2D eigenvalue weighted by Crippen LogP contribution is 2.29. The van der Waals surface area contributed by atoms with E-state index in [1.54, 1.807) is 48.5 Å². The van der Waals surface area contributed by atoms with Crippen molar-refractivity contribution in [3.63, 3.8) is 0 Å². The molecule has 1 unspecified atom stereocenters. The highest BCUT2D eigenvalue weighted by Gasteiger charge is 2.20. The van der Waals surface area contributed by atoms with Crippen LogP contribution in [0, 0.1) is 6.92 Å². The highest BCUT2D eigenvalue weighted by molar-refractivity contribution is 8.00. The van der Waals surface area contributed by atoms with Crippen LogP contribution in [0.2, 0.25) is 0 Å². The summed E-state index contributed by atoms with van der Waals surface area (Å²) in [6.45, 7) is 3.76. The van der Waals surface area contributed by atoms with Gasteiger partial charge >= 0.3 is 0 Å². The molecule has 4 aromatic rings. The van der Waals surface area contributed by atoms with Crippen LogP contribution in [-0.4, -0.2) is 33.2 Å². The molecule has 0 saturated carbocycles. The molecule has 3 amide bonds. The maximum Gasteiger partial charge on any atom is 0.272 e. The minimum Gasteiger partial charge on any atom is -0.321 e. The Kier molecular flexibility index (Phi) is 9.60. The monoisotopic (exact) mass is 557 g/mol. The Morgan fingerprint density at radius 1 is 0.923 bits per heavy atom. The standard InChI is InChI=1S/C29H27N5O3S2/c1-3-25(28(37)32-29-34-33-19(2)38-29)39-23-16-10-15-22(18-23)30-27(36)24(17-20-11-6-4-7-12-20)31-26(35)21-13-8-5-9-14-21/h4-18,25H,3H2,1-2H3,(H,30,36)(H,31,35)(H,32,34,37)/b24-17-. The summed E-state index contributed by atoms with van der Waals surface area (Å²) in [5.74, 6) is -1.02. The molecule has 8 nitrogen and oxygen atoms in total. The van der Waals surface area contributed by atoms with Crippen LogP contribution >= 0.6 is 23.1 Å². The van der Waals surface area contributed by atoms with Gasteiger partial charge in [-0.3, -0.25) is 19.7 Å². The number of aryl methyl sites for hydroxylation is 1. The first-order valence-electron chi connectivity index (χ1n) is 12.2. The van der Waals surface area contributed by atoms with Gasteiger partial charge in [-0.25, -0.2) is 0 Å². The lowest BCUT2D eigenvalue weighted by atomic mass is 10.1. The average Bonchev–Trinajstić information content (AvgIpc) is 3.36. The zero-order chi connectivity index (χ0) is 27.6. The number of carbonyl (C=O) groups is 3. The van der Waals surface area contributed by atoms with Crippen LogP contribution in [0.15, 0.2) is 95.5 Å². The third-order valence-electron chi connectivity index (χ3n) is 5.43. The van der Waals surface area contributed by atoms with Gasteiger partial charge in [0.2, 0.25) is 11.0 Å². The van der Waals surface area contributed by atoms with E-state index < -0.39 is 5.91 Å². The van der Waals surface area contributed by atoms with Crippen LogP contribution in [0.5, 0.6) is 0 Å². The van der Waals surface area contributed by atoms with Gasteiger partial charge in [0.15, 0.2) is 0 Å². The van der Waals surface area contributed by atoms with Gasteiger partial charge in [-0.15, -0.1) is 22.0 Å². The van der Waals surface area contributed by atoms with E-state index in [-0.39, 0.29) is 22.8 Å². The van der Waals surface area contributed by atoms with Gasteiger partial charge in [0.05, 0.1) is 5.25 Å². The second kappa shape index (κ2) is 13.5. The number of anilines is 2. The molecular formula is C29H27N5O3S2. The Morgan fingerprint density at radius 2 is 1.64 bits per heavy atom. The molecule has 0 aliphatic carbocycles. The summed E-state index contributed by atoms with van der Waals surface area (Å²) in [5, 5.41) is 17.2. The lowest BCUT2D eigenvalue weighted by Gasteiger charge is -2.15. The van der Waals surface area contributed by atoms with Crippen LogP contribution < -0.4 is 16.0 Å². The van der Waals surface area contributed by atoms with Crippen molar-refractivity contribution in [3.05, 3.63) is 107 Å². The quantitative estimate of drug-likeness (QED) is 0.169. The van der Waals surface area contributed by atoms with Gasteiger partial charge in [-0.05, 0) is 55.3 Å². The van der Waals surface area contributed by atoms with Crippen LogP contribution in [0.1, 0.15) is 34.3 Å². The number of nitrogens with zero attached hydrogens (tertiary/aromatic N) is 2. The molecule has 3 N–H and O–H groups in total. The van der Waals surface area contributed by atoms with Crippen molar-refractivity contribution >= 4 is 57.7 Å². The number of thioether (sulfide) groups is 1. The zero-order valence-corrected chi connectivity index (χ0v) is 23.0. The Balaban J connectivity index is 1.48. The van der Waals surface area contributed by atoms with E-state index >= 15 is 0 Å². The molecular weight excluding hydrogens is 530 g/mol. The van der Waals surface area contributed by atoms with E-state index in [1.165, 1.54) is 23.1 Å². The molecule has 39 heavy (non-hydrogen) atoms. The maximum absolute atomic E-state index is 13.3. The number of benzene rings is 3. The van der Waals surface area contributed by atoms with E-state index in [1.807, 2.05) is 56.3 Å². The number of amides is 3. The molecule has 4 rings (SSSR count). The van der Waals surface area contributed by atoms with Crippen molar-refractivity contribution in [2.24, 2.45) is 0 Å². The molecule has 0 fully saturated rings. The number of aromatic nitrogens is 2. The van der Waals surface area contributed by atoms with Crippen molar-refractivity contribution < 1.29 is 14.4 Å². The van der Waals surface area contributed by atoms with E-state index in [0.29, 0.717) is 22.8 Å². The van der Waals surface area contributed by atoms with Gasteiger partial charge in [0.25, 0.3) is 11.8 Å². The third kappa shape index (κ3) is 8.10. The molecule has 0 aliphatic heterocycles. The largest absolute Gasteiger partial charge is 0.321 e. The molecule has 1 heterocycles. The van der Waals surface area contributed by atoms with Gasteiger partial charge < -0.3 is 10.6 Å². The van der Waals surface area contributed by atoms with Crippen molar-refractivity contribution in [1.29, 1.82) is 0 Å². The van der Waals surface area contributed by atoms with Gasteiger partial charge in [-0.2, -0.15) is 0 Å². The molecule has 1 aromatic heterocycles. The highest BCUT2D eigenvalue weighted by atomic mass is 32.2. The zero-order valence-electron chi connectivity index (χ0n) is 21.4. The van der Waals surface area contributed by atoms with E-state index in [2.05, 4.69) is 26.1 Å². The van der Waals surface area contributed by atoms with Crippen molar-refractivity contribution in [2.45, 2.75) is 30.4 Å². The number of nitrogens with one attached hydrogen (secondary N) is 3. The number of carbonyl (C=O) groups excluding carboxylic acids is 3. The van der Waals surface area contributed by atoms with E-state index in [4.69, 9.17) is 0 Å². The fraction of sp³-hybridized carbons (Fsp3) is 0.138. The van der Waals surface area contributed by atoms with E-state index in [9.17, 15) is 14.4 Å². The predicted molar refractivity (Wildman–Crippen MR) is 157 cm³/mol. The molecule has 0 saturated heterocycles. The first kappa shape index (κ1) is 27.7. The Morgan fingerprint density at radius 3 is 2.31 bits per heavy atom. The molecule has 0 bridgehead atoms. The van der Waals surface area contributed by atoms with E-state index in [0.717, 1.165) is 15.5 Å². The topological polar surface area (TPSA) is 113 Å². The van der Waals surface area contributed by atoms with Crippen LogP contribution in [0.25, 0.3) is 6.08 Å². The maximum atomic E-state index is 13.3. The van der Waals surface area contributed by atoms with Crippen molar-refractivity contribution in [1.82, 2.24) is 15.5 Å². The minimum absolute atomic E-state index is 0.103. The van der Waals surface area contributed by atoms with Gasteiger partial charge in [0.1, 0.15) is 10.7 Å². The summed E-state index contributed by atoms with van der Waals surface area (Å²) in [4.78, 5) is 39.7. The molecule has 10 heteroatoms. The molecule has 1 atom stereocenters. The predicted octanol–water partition coefficient (Wildman–Crippen LogP) is 5.77. The minimum atomic E-state index is -0.471. The van der Waals surface area contributed by atoms with Gasteiger partial charge in [-0.1, -0.05) is 72.9 Å².